The number of sulfonamides is 1. The number of amides is 1. The van der Waals surface area contributed by atoms with Crippen LogP contribution in [0.3, 0.4) is 0 Å². The van der Waals surface area contributed by atoms with Crippen molar-refractivity contribution in [3.63, 3.8) is 0 Å². The highest BCUT2D eigenvalue weighted by Gasteiger charge is 2.53. The van der Waals surface area contributed by atoms with Crippen molar-refractivity contribution >= 4 is 28.0 Å². The summed E-state index contributed by atoms with van der Waals surface area (Å²) in [6.07, 6.45) is 1.76. The molecule has 1 fully saturated rings. The van der Waals surface area contributed by atoms with E-state index < -0.39 is 27.3 Å². The quantitative estimate of drug-likeness (QED) is 0.324. The number of carbonyl (C=O) groups is 2. The summed E-state index contributed by atoms with van der Waals surface area (Å²) in [6, 6.07) is 22.8. The van der Waals surface area contributed by atoms with Gasteiger partial charge in [-0.15, -0.1) is 0 Å². The first kappa shape index (κ1) is 26.2. The molecular weight excluding hydrogens is 490 g/mol. The lowest BCUT2D eigenvalue weighted by Gasteiger charge is -2.29. The molecule has 0 spiro atoms. The molecule has 0 aromatic heterocycles. The van der Waals surface area contributed by atoms with Gasteiger partial charge in [0.05, 0.1) is 25.5 Å². The van der Waals surface area contributed by atoms with E-state index in [1.165, 1.54) is 19.2 Å². The minimum atomic E-state index is -4.18. The Balaban J connectivity index is 1.87. The van der Waals surface area contributed by atoms with E-state index in [-0.39, 0.29) is 29.9 Å². The van der Waals surface area contributed by atoms with E-state index in [2.05, 4.69) is 0 Å². The van der Waals surface area contributed by atoms with Gasteiger partial charge in [0, 0.05) is 17.5 Å². The van der Waals surface area contributed by atoms with Crippen molar-refractivity contribution in [1.29, 1.82) is 0 Å². The van der Waals surface area contributed by atoms with Gasteiger partial charge in [0.2, 0.25) is 0 Å². The maximum absolute atomic E-state index is 13.9. The van der Waals surface area contributed by atoms with E-state index in [4.69, 9.17) is 9.47 Å². The second-order valence-corrected chi connectivity index (χ2v) is 11.0. The molecule has 1 aliphatic heterocycles. The molecule has 0 saturated carbocycles. The van der Waals surface area contributed by atoms with Gasteiger partial charge in [0.15, 0.2) is 0 Å². The number of nitrogens with zero attached hydrogens (tertiary/aromatic N) is 1. The molecule has 7 nitrogen and oxygen atoms in total. The van der Waals surface area contributed by atoms with Crippen molar-refractivity contribution in [2.75, 3.05) is 20.8 Å². The molecule has 0 aliphatic carbocycles. The molecule has 37 heavy (non-hydrogen) atoms. The van der Waals surface area contributed by atoms with Gasteiger partial charge >= 0.3 is 5.97 Å². The molecule has 1 amide bonds. The lowest BCUT2D eigenvalue weighted by molar-refractivity contribution is -0.142. The van der Waals surface area contributed by atoms with Crippen LogP contribution in [0, 0.1) is 12.3 Å². The third kappa shape index (κ3) is 5.44. The zero-order valence-corrected chi connectivity index (χ0v) is 21.8. The lowest BCUT2D eigenvalue weighted by Crippen LogP contribution is -2.36. The number of methoxy groups -OCH3 is 2. The van der Waals surface area contributed by atoms with E-state index in [0.29, 0.717) is 5.75 Å². The monoisotopic (exact) mass is 519 g/mol. The maximum atomic E-state index is 13.9. The Morgan fingerprint density at radius 1 is 0.973 bits per heavy atom. The van der Waals surface area contributed by atoms with Gasteiger partial charge < -0.3 is 9.47 Å². The SMILES string of the molecule is COC(=O)CC1(Cc2ccc(OC)cc2)CN(S(=O)(=O)c2ccc(C)cc2)C(=O)/C1=C\c1ccccc1. The molecular formula is C29H29NO6S. The van der Waals surface area contributed by atoms with Crippen LogP contribution < -0.4 is 4.74 Å². The van der Waals surface area contributed by atoms with Crippen molar-refractivity contribution in [3.8, 4) is 5.75 Å². The van der Waals surface area contributed by atoms with Gasteiger partial charge in [-0.3, -0.25) is 9.59 Å². The number of ether oxygens (including phenoxy) is 2. The Labute approximate surface area is 217 Å². The van der Waals surface area contributed by atoms with Gasteiger partial charge in [-0.25, -0.2) is 12.7 Å². The van der Waals surface area contributed by atoms with E-state index in [1.807, 2.05) is 49.4 Å². The second-order valence-electron chi connectivity index (χ2n) is 9.16. The van der Waals surface area contributed by atoms with Crippen LogP contribution in [0.4, 0.5) is 0 Å². The summed E-state index contributed by atoms with van der Waals surface area (Å²) in [5.41, 5.74) is 1.55. The van der Waals surface area contributed by atoms with Gasteiger partial charge in [-0.05, 0) is 54.8 Å². The summed E-state index contributed by atoms with van der Waals surface area (Å²) in [6.45, 7) is 1.66. The second kappa shape index (κ2) is 10.6. The fraction of sp³-hybridized carbons (Fsp3) is 0.241. The van der Waals surface area contributed by atoms with Crippen LogP contribution in [0.15, 0.2) is 89.3 Å². The molecule has 1 heterocycles. The standard InChI is InChI=1S/C29H29NO6S/c1-21-9-15-25(16-10-21)37(33,34)30-20-29(19-27(31)36-3,18-23-11-13-24(35-2)14-12-23)26(28(30)32)17-22-7-5-4-6-8-22/h4-17H,18-20H2,1-3H3/b26-17+. The molecule has 3 aromatic carbocycles. The largest absolute Gasteiger partial charge is 0.497 e. The van der Waals surface area contributed by atoms with Gasteiger partial charge in [0.1, 0.15) is 5.75 Å². The molecule has 0 N–H and O–H groups in total. The average molecular weight is 520 g/mol. The van der Waals surface area contributed by atoms with Crippen LogP contribution in [-0.4, -0.2) is 45.4 Å². The summed E-state index contributed by atoms with van der Waals surface area (Å²) in [5.74, 6) is -0.520. The Morgan fingerprint density at radius 3 is 2.22 bits per heavy atom. The summed E-state index contributed by atoms with van der Waals surface area (Å²) in [7, 11) is -1.33. The number of hydrogen-bond donors (Lipinski definition) is 0. The van der Waals surface area contributed by atoms with Crippen molar-refractivity contribution < 1.29 is 27.5 Å². The summed E-state index contributed by atoms with van der Waals surface area (Å²) in [4.78, 5) is 26.6. The fourth-order valence-electron chi connectivity index (χ4n) is 4.60. The first-order valence-electron chi connectivity index (χ1n) is 11.8. The lowest BCUT2D eigenvalue weighted by atomic mass is 9.74. The molecule has 1 atom stereocenters. The summed E-state index contributed by atoms with van der Waals surface area (Å²) in [5, 5.41) is 0. The zero-order chi connectivity index (χ0) is 26.6. The normalized spacial score (nSPS) is 18.7. The molecule has 192 valence electrons. The predicted octanol–water partition coefficient (Wildman–Crippen LogP) is 4.41. The number of aryl methyl sites for hydroxylation is 1. The van der Waals surface area contributed by atoms with Crippen LogP contribution in [-0.2, 0) is 30.8 Å². The van der Waals surface area contributed by atoms with Crippen LogP contribution in [0.5, 0.6) is 5.75 Å². The number of benzene rings is 3. The van der Waals surface area contributed by atoms with Gasteiger partial charge in [-0.1, -0.05) is 60.2 Å². The van der Waals surface area contributed by atoms with E-state index in [0.717, 1.165) is 21.0 Å². The van der Waals surface area contributed by atoms with E-state index in [9.17, 15) is 18.0 Å². The Hall–Kier alpha value is -3.91. The van der Waals surface area contributed by atoms with Crippen LogP contribution in [0.1, 0.15) is 23.1 Å². The van der Waals surface area contributed by atoms with Crippen molar-refractivity contribution in [3.05, 3.63) is 101 Å². The highest BCUT2D eigenvalue weighted by molar-refractivity contribution is 7.89. The van der Waals surface area contributed by atoms with Gasteiger partial charge in [0.25, 0.3) is 15.9 Å². The maximum Gasteiger partial charge on any atom is 0.306 e. The van der Waals surface area contributed by atoms with Gasteiger partial charge in [-0.2, -0.15) is 0 Å². The molecule has 1 saturated heterocycles. The highest BCUT2D eigenvalue weighted by Crippen LogP contribution is 2.46. The predicted molar refractivity (Wildman–Crippen MR) is 140 cm³/mol. The summed E-state index contributed by atoms with van der Waals surface area (Å²) < 4.78 is 38.5. The highest BCUT2D eigenvalue weighted by atomic mass is 32.2. The van der Waals surface area contributed by atoms with Crippen LogP contribution >= 0.6 is 0 Å². The molecule has 0 radical (unpaired) electrons. The van der Waals surface area contributed by atoms with Crippen molar-refractivity contribution in [2.45, 2.75) is 24.7 Å². The molecule has 1 unspecified atom stereocenters. The minimum Gasteiger partial charge on any atom is -0.497 e. The first-order chi connectivity index (χ1) is 17.7. The minimum absolute atomic E-state index is 0.0174. The number of esters is 1. The number of rotatable bonds is 8. The Bertz CT molecular complexity index is 1410. The first-order valence-corrected chi connectivity index (χ1v) is 13.2. The van der Waals surface area contributed by atoms with Crippen molar-refractivity contribution in [1.82, 2.24) is 4.31 Å². The molecule has 8 heteroatoms. The third-order valence-electron chi connectivity index (χ3n) is 6.61. The van der Waals surface area contributed by atoms with Crippen molar-refractivity contribution in [2.24, 2.45) is 5.41 Å². The fourth-order valence-corrected chi connectivity index (χ4v) is 6.07. The molecule has 4 rings (SSSR count). The summed E-state index contributed by atoms with van der Waals surface area (Å²) >= 11 is 0. The van der Waals surface area contributed by atoms with Crippen LogP contribution in [0.25, 0.3) is 6.08 Å². The topological polar surface area (TPSA) is 90.0 Å². The number of carbonyl (C=O) groups excluding carboxylic acids is 2. The molecule has 3 aromatic rings. The smallest absolute Gasteiger partial charge is 0.306 e. The third-order valence-corrected chi connectivity index (χ3v) is 8.35. The molecule has 1 aliphatic rings. The van der Waals surface area contributed by atoms with Crippen LogP contribution in [0.2, 0.25) is 0 Å². The Morgan fingerprint density at radius 2 is 1.62 bits per heavy atom. The average Bonchev–Trinajstić information content (AvgIpc) is 3.16. The zero-order valence-electron chi connectivity index (χ0n) is 21.0. The van der Waals surface area contributed by atoms with E-state index >= 15 is 0 Å². The molecule has 0 bridgehead atoms. The Kier molecular flexibility index (Phi) is 7.50. The number of hydrogen-bond acceptors (Lipinski definition) is 6. The van der Waals surface area contributed by atoms with E-state index in [1.54, 1.807) is 37.5 Å².